The number of imide groups is 2. The number of aliphatic imine (C=N–C) groups is 1. The molecular weight excluding hydrogens is 780 g/mol. The number of amides is 4. The zero-order valence-corrected chi connectivity index (χ0v) is 35.1. The summed E-state index contributed by atoms with van der Waals surface area (Å²) in [6.07, 6.45) is 7.50. The van der Waals surface area contributed by atoms with Gasteiger partial charge < -0.3 is 24.8 Å². The van der Waals surface area contributed by atoms with E-state index in [1.165, 1.54) is 0 Å². The van der Waals surface area contributed by atoms with E-state index in [9.17, 15) is 19.2 Å². The van der Waals surface area contributed by atoms with Crippen LogP contribution in [0.2, 0.25) is 0 Å². The molecule has 322 valence electrons. The summed E-state index contributed by atoms with van der Waals surface area (Å²) in [5.41, 5.74) is 2.95. The molecule has 7 aliphatic rings. The molecule has 3 N–H and O–H groups in total. The minimum Gasteiger partial charge on any atom is -0.488 e. The summed E-state index contributed by atoms with van der Waals surface area (Å²) in [7, 11) is 0. The number of ether oxygens (including phenoxy) is 1. The Kier molecular flexibility index (Phi) is 10.1. The fourth-order valence-electron chi connectivity index (χ4n) is 10.1. The third-order valence-corrected chi connectivity index (χ3v) is 14.1. The number of carbonyl (C=O) groups excluding carboxylic acids is 4. The van der Waals surface area contributed by atoms with Gasteiger partial charge in [-0.25, -0.2) is 9.38 Å². The van der Waals surface area contributed by atoms with Crippen molar-refractivity contribution in [2.45, 2.75) is 88.6 Å². The Morgan fingerprint density at radius 2 is 1.67 bits per heavy atom. The van der Waals surface area contributed by atoms with E-state index in [1.807, 2.05) is 18.2 Å². The van der Waals surface area contributed by atoms with Crippen LogP contribution in [0.1, 0.15) is 91.6 Å². The van der Waals surface area contributed by atoms with Gasteiger partial charge in [-0.2, -0.15) is 5.10 Å². The normalized spacial score (nSPS) is 25.9. The number of alkyl halides is 1. The van der Waals surface area contributed by atoms with E-state index < -0.39 is 35.3 Å². The first-order valence-electron chi connectivity index (χ1n) is 22.1. The van der Waals surface area contributed by atoms with E-state index in [-0.39, 0.29) is 24.5 Å². The Morgan fingerprint density at radius 1 is 0.885 bits per heavy atom. The smallest absolute Gasteiger partial charge is 0.262 e. The maximum Gasteiger partial charge on any atom is 0.262 e. The lowest BCUT2D eigenvalue weighted by molar-refractivity contribution is -0.136. The number of H-pyrrole nitrogens is 1. The Hall–Kier alpha value is -5.35. The minimum absolute atomic E-state index is 0.0582. The van der Waals surface area contributed by atoms with Gasteiger partial charge in [-0.05, 0) is 101 Å². The van der Waals surface area contributed by atoms with E-state index in [1.54, 1.807) is 12.1 Å². The zero-order chi connectivity index (χ0) is 42.0. The molecule has 1 saturated carbocycles. The quantitative estimate of drug-likeness (QED) is 0.269. The number of hydrogen-bond acceptors (Lipinski definition) is 12. The molecule has 4 saturated heterocycles. The molecule has 7 heterocycles. The summed E-state index contributed by atoms with van der Waals surface area (Å²) in [5.74, 6) is 0.310. The van der Waals surface area contributed by atoms with Gasteiger partial charge in [0.15, 0.2) is 0 Å². The maximum absolute atomic E-state index is 16.5. The van der Waals surface area contributed by atoms with Gasteiger partial charge >= 0.3 is 0 Å². The average Bonchev–Trinajstić information content (AvgIpc) is 3.74. The molecule has 1 unspecified atom stereocenters. The first-order chi connectivity index (χ1) is 29.4. The average molecular weight is 835 g/mol. The number of carbonyl (C=O) groups is 4. The number of anilines is 1. The van der Waals surface area contributed by atoms with Crippen molar-refractivity contribution in [1.82, 2.24) is 40.4 Å². The fraction of sp³-hybridized carbons (Fsp3) is 0.556. The topological polar surface area (TPSA) is 159 Å². The van der Waals surface area contributed by atoms with Gasteiger partial charge in [0.25, 0.3) is 11.8 Å². The highest BCUT2D eigenvalue weighted by molar-refractivity contribution is 6.23. The molecule has 2 aromatic carbocycles. The number of aromatic nitrogens is 2. The predicted octanol–water partition coefficient (Wildman–Crippen LogP) is 3.92. The minimum atomic E-state index is -1.21. The van der Waals surface area contributed by atoms with Crippen LogP contribution in [0.4, 0.5) is 10.1 Å². The number of piperazine rings is 1. The molecule has 1 aromatic heterocycles. The van der Waals surface area contributed by atoms with Crippen molar-refractivity contribution in [2.75, 3.05) is 70.5 Å². The van der Waals surface area contributed by atoms with Crippen molar-refractivity contribution in [3.8, 4) is 5.75 Å². The van der Waals surface area contributed by atoms with Gasteiger partial charge in [0, 0.05) is 88.5 Å². The van der Waals surface area contributed by atoms with Crippen molar-refractivity contribution < 1.29 is 28.3 Å². The third-order valence-electron chi connectivity index (χ3n) is 14.1. The molecule has 3 aromatic rings. The Bertz CT molecular complexity index is 2320. The lowest BCUT2D eigenvalue weighted by Crippen LogP contribution is -2.58. The number of nitrogens with one attached hydrogen (secondary N) is 3. The lowest BCUT2D eigenvalue weighted by Gasteiger charge is -2.46. The number of aromatic amines is 1. The molecule has 1 aliphatic carbocycles. The summed E-state index contributed by atoms with van der Waals surface area (Å²) in [5, 5.41) is 14.5. The molecule has 2 atom stereocenters. The molecule has 0 radical (unpaired) electrons. The second kappa shape index (κ2) is 15.5. The Morgan fingerprint density at radius 3 is 2.43 bits per heavy atom. The standard InChI is InChI=1S/C45H55FN10O5/c1-28-24-54(38-23-36(47-27-48-38)40-34-22-31(61-44(2)11-12-44)4-6-35(34)50-51-40)19-20-55(28)26-45(46)13-17-52(18-14-45)25-29-9-15-53(16-10-29)30-3-5-32-33(21-30)43(60)56(42(32)59)37-7-8-39(57)49-41(37)58/h3-6,21-23,28-29,37,47H,7-20,24-27H2,1-2H3,(H,50,51)(H,49,57,58)/t28-,37?/m0/s1. The van der Waals surface area contributed by atoms with Gasteiger partial charge in [0.1, 0.15) is 41.3 Å². The predicted molar refractivity (Wildman–Crippen MR) is 228 cm³/mol. The van der Waals surface area contributed by atoms with Gasteiger partial charge in [0.2, 0.25) is 11.8 Å². The van der Waals surface area contributed by atoms with E-state index in [0.29, 0.717) is 43.1 Å². The first kappa shape index (κ1) is 39.8. The largest absolute Gasteiger partial charge is 0.488 e. The zero-order valence-electron chi connectivity index (χ0n) is 35.1. The number of hydrogen-bond donors (Lipinski definition) is 3. The maximum atomic E-state index is 16.5. The van der Waals surface area contributed by atoms with Crippen molar-refractivity contribution in [1.29, 1.82) is 0 Å². The Labute approximate surface area is 354 Å². The lowest BCUT2D eigenvalue weighted by atomic mass is 9.89. The summed E-state index contributed by atoms with van der Waals surface area (Å²) in [6, 6.07) is 10.6. The fourth-order valence-corrected chi connectivity index (χ4v) is 10.1. The van der Waals surface area contributed by atoms with Crippen LogP contribution in [0.25, 0.3) is 16.6 Å². The van der Waals surface area contributed by atoms with Crippen LogP contribution in [0.3, 0.4) is 0 Å². The molecule has 10 rings (SSSR count). The monoisotopic (exact) mass is 834 g/mol. The van der Waals surface area contributed by atoms with Crippen molar-refractivity contribution in [2.24, 2.45) is 10.9 Å². The third kappa shape index (κ3) is 7.88. The van der Waals surface area contributed by atoms with Gasteiger partial charge in [-0.3, -0.25) is 39.4 Å². The highest BCUT2D eigenvalue weighted by atomic mass is 19.1. The molecule has 61 heavy (non-hydrogen) atoms. The van der Waals surface area contributed by atoms with E-state index in [0.717, 1.165) is 123 Å². The number of halogens is 1. The highest BCUT2D eigenvalue weighted by Gasteiger charge is 2.45. The molecule has 0 bridgehead atoms. The highest BCUT2D eigenvalue weighted by Crippen LogP contribution is 2.41. The van der Waals surface area contributed by atoms with Crippen molar-refractivity contribution in [3.63, 3.8) is 0 Å². The Balaban J connectivity index is 0.685. The van der Waals surface area contributed by atoms with Gasteiger partial charge in [-0.1, -0.05) is 0 Å². The molecular formula is C45H55FN10O5. The number of fused-ring (bicyclic) bond motifs is 2. The summed E-state index contributed by atoms with van der Waals surface area (Å²) in [6.45, 7) is 11.7. The molecule has 4 amide bonds. The van der Waals surface area contributed by atoms with Crippen LogP contribution in [0.5, 0.6) is 5.75 Å². The van der Waals surface area contributed by atoms with Gasteiger partial charge in [0.05, 0.1) is 22.3 Å². The number of likely N-dealkylation sites (tertiary alicyclic amines) is 1. The van der Waals surface area contributed by atoms with Crippen LogP contribution in [0.15, 0.2) is 47.5 Å². The summed E-state index contributed by atoms with van der Waals surface area (Å²) < 4.78 is 22.8. The first-order valence-corrected chi connectivity index (χ1v) is 22.1. The van der Waals surface area contributed by atoms with Crippen molar-refractivity contribution >= 4 is 51.8 Å². The summed E-state index contributed by atoms with van der Waals surface area (Å²) >= 11 is 0. The molecule has 6 aliphatic heterocycles. The van der Waals surface area contributed by atoms with Gasteiger partial charge in [-0.15, -0.1) is 0 Å². The number of nitrogens with zero attached hydrogens (tertiary/aromatic N) is 7. The van der Waals surface area contributed by atoms with E-state index >= 15 is 4.39 Å². The van der Waals surface area contributed by atoms with Crippen LogP contribution in [-0.2, 0) is 9.59 Å². The number of rotatable bonds is 9. The van der Waals surface area contributed by atoms with Crippen molar-refractivity contribution in [3.05, 3.63) is 59.3 Å². The molecule has 0 spiro atoms. The van der Waals surface area contributed by atoms with Crippen LogP contribution in [-0.4, -0.2) is 148 Å². The number of benzene rings is 2. The number of piperidine rings is 3. The van der Waals surface area contributed by atoms with Crippen LogP contribution >= 0.6 is 0 Å². The second-order valence-electron chi connectivity index (χ2n) is 18.6. The van der Waals surface area contributed by atoms with Crippen LogP contribution in [0, 0.1) is 5.92 Å². The van der Waals surface area contributed by atoms with E-state index in [2.05, 4.69) is 66.4 Å². The molecule has 15 nitrogen and oxygen atoms in total. The second-order valence-corrected chi connectivity index (χ2v) is 18.6. The summed E-state index contributed by atoms with van der Waals surface area (Å²) in [4.78, 5) is 65.8. The SMILES string of the molecule is C[C@H]1CN(C2=NCNC(c3n[nH]c4ccc(OC5(C)CC5)cc34)=C2)CCN1CC1(F)CCN(CC2CCN(c3ccc4c(c3)C(=O)N(C3CCC(=O)NC3=O)C4=O)CC2)CC1. The molecule has 5 fully saturated rings. The van der Waals surface area contributed by atoms with E-state index in [4.69, 9.17) is 9.73 Å². The molecule has 16 heteroatoms. The number of amidine groups is 1. The van der Waals surface area contributed by atoms with Crippen LogP contribution < -0.4 is 20.3 Å².